The molecule has 1 saturated heterocycles. The molecular formula is C14H24N6O. The molecule has 1 amide bonds. The van der Waals surface area contributed by atoms with Crippen molar-refractivity contribution in [1.82, 2.24) is 19.8 Å². The highest BCUT2D eigenvalue weighted by Gasteiger charge is 2.17. The molecule has 0 spiro atoms. The molecule has 1 aliphatic rings. The van der Waals surface area contributed by atoms with Crippen molar-refractivity contribution in [2.75, 3.05) is 63.6 Å². The first kappa shape index (κ1) is 15.5. The van der Waals surface area contributed by atoms with Crippen LogP contribution in [0.15, 0.2) is 12.3 Å². The summed E-state index contributed by atoms with van der Waals surface area (Å²) < 4.78 is 0. The van der Waals surface area contributed by atoms with Gasteiger partial charge in [0.1, 0.15) is 5.82 Å². The van der Waals surface area contributed by atoms with Gasteiger partial charge in [-0.25, -0.2) is 4.98 Å². The molecule has 7 heteroatoms. The Balaban J connectivity index is 1.84. The van der Waals surface area contributed by atoms with Crippen molar-refractivity contribution in [2.45, 2.75) is 6.42 Å². The summed E-state index contributed by atoms with van der Waals surface area (Å²) in [6.45, 7) is 4.97. The summed E-state index contributed by atoms with van der Waals surface area (Å²) in [5, 5.41) is 3.33. The Morgan fingerprint density at radius 3 is 2.76 bits per heavy atom. The van der Waals surface area contributed by atoms with E-state index >= 15 is 0 Å². The van der Waals surface area contributed by atoms with Crippen LogP contribution in [-0.2, 0) is 4.79 Å². The Bertz CT molecular complexity index is 445. The molecule has 0 radical (unpaired) electrons. The van der Waals surface area contributed by atoms with Gasteiger partial charge in [-0.2, -0.15) is 4.98 Å². The van der Waals surface area contributed by atoms with Gasteiger partial charge in [-0.1, -0.05) is 0 Å². The number of nitrogens with one attached hydrogen (secondary N) is 1. The smallest absolute Gasteiger partial charge is 0.227 e. The third-order valence-electron chi connectivity index (χ3n) is 3.48. The minimum Gasteiger partial charge on any atom is -0.370 e. The lowest BCUT2D eigenvalue weighted by Gasteiger charge is -2.32. The molecule has 116 valence electrons. The van der Waals surface area contributed by atoms with Crippen LogP contribution < -0.4 is 10.2 Å². The van der Waals surface area contributed by atoms with Crippen molar-refractivity contribution >= 4 is 18.2 Å². The summed E-state index contributed by atoms with van der Waals surface area (Å²) in [5.41, 5.74) is 0. The van der Waals surface area contributed by atoms with Crippen LogP contribution in [0.1, 0.15) is 6.42 Å². The van der Waals surface area contributed by atoms with E-state index in [1.54, 1.807) is 11.1 Å². The van der Waals surface area contributed by atoms with E-state index in [9.17, 15) is 4.79 Å². The van der Waals surface area contributed by atoms with E-state index in [1.807, 2.05) is 6.07 Å². The molecule has 1 aliphatic heterocycles. The van der Waals surface area contributed by atoms with Gasteiger partial charge in [0.25, 0.3) is 0 Å². The van der Waals surface area contributed by atoms with Crippen LogP contribution in [0.5, 0.6) is 0 Å². The van der Waals surface area contributed by atoms with E-state index in [-0.39, 0.29) is 0 Å². The maximum absolute atomic E-state index is 10.7. The molecule has 1 fully saturated rings. The second-order valence-electron chi connectivity index (χ2n) is 5.45. The van der Waals surface area contributed by atoms with Crippen molar-refractivity contribution in [3.05, 3.63) is 12.3 Å². The quantitative estimate of drug-likeness (QED) is 0.569. The highest BCUT2D eigenvalue weighted by molar-refractivity contribution is 5.48. The van der Waals surface area contributed by atoms with E-state index in [0.717, 1.165) is 63.9 Å². The lowest BCUT2D eigenvalue weighted by atomic mass is 10.3. The van der Waals surface area contributed by atoms with Gasteiger partial charge in [0.2, 0.25) is 12.4 Å². The predicted molar refractivity (Wildman–Crippen MR) is 83.5 cm³/mol. The largest absolute Gasteiger partial charge is 0.370 e. The van der Waals surface area contributed by atoms with Gasteiger partial charge < -0.3 is 20.0 Å². The molecular weight excluding hydrogens is 268 g/mol. The molecule has 1 aromatic heterocycles. The first-order valence-corrected chi connectivity index (χ1v) is 7.35. The van der Waals surface area contributed by atoms with E-state index in [0.29, 0.717) is 0 Å². The molecule has 0 aliphatic carbocycles. The van der Waals surface area contributed by atoms with E-state index < -0.39 is 0 Å². The van der Waals surface area contributed by atoms with Gasteiger partial charge in [-0.05, 0) is 33.1 Å². The first-order chi connectivity index (χ1) is 10.2. The SMILES string of the molecule is CN(C)CCCNc1ccnc(N2CCN(C=O)CC2)n1. The van der Waals surface area contributed by atoms with Crippen molar-refractivity contribution in [1.29, 1.82) is 0 Å². The zero-order valence-electron chi connectivity index (χ0n) is 12.8. The topological polar surface area (TPSA) is 64.6 Å². The summed E-state index contributed by atoms with van der Waals surface area (Å²) in [4.78, 5) is 25.7. The molecule has 7 nitrogen and oxygen atoms in total. The van der Waals surface area contributed by atoms with Gasteiger partial charge in [0.05, 0.1) is 0 Å². The summed E-state index contributed by atoms with van der Waals surface area (Å²) in [6.07, 6.45) is 3.76. The zero-order chi connectivity index (χ0) is 15.1. The number of hydrogen-bond acceptors (Lipinski definition) is 6. The highest BCUT2D eigenvalue weighted by atomic mass is 16.1. The Kier molecular flexibility index (Phi) is 5.74. The second kappa shape index (κ2) is 7.78. The van der Waals surface area contributed by atoms with E-state index in [2.05, 4.69) is 39.2 Å². The summed E-state index contributed by atoms with van der Waals surface area (Å²) in [6, 6.07) is 1.89. The third kappa shape index (κ3) is 4.86. The van der Waals surface area contributed by atoms with Crippen LogP contribution >= 0.6 is 0 Å². The lowest BCUT2D eigenvalue weighted by Crippen LogP contribution is -2.46. The van der Waals surface area contributed by atoms with Gasteiger partial charge in [-0.3, -0.25) is 4.79 Å². The van der Waals surface area contributed by atoms with Gasteiger partial charge >= 0.3 is 0 Å². The number of carbonyl (C=O) groups is 1. The molecule has 1 N–H and O–H groups in total. The molecule has 0 unspecified atom stereocenters. The van der Waals surface area contributed by atoms with Crippen LogP contribution in [0.4, 0.5) is 11.8 Å². The number of amides is 1. The lowest BCUT2D eigenvalue weighted by molar-refractivity contribution is -0.118. The van der Waals surface area contributed by atoms with Crippen LogP contribution in [0.3, 0.4) is 0 Å². The summed E-state index contributed by atoms with van der Waals surface area (Å²) in [7, 11) is 4.14. The Hall–Kier alpha value is -1.89. The monoisotopic (exact) mass is 292 g/mol. The van der Waals surface area contributed by atoms with Crippen LogP contribution in [-0.4, -0.2) is 79.5 Å². The molecule has 0 aromatic carbocycles. The van der Waals surface area contributed by atoms with Crippen LogP contribution in [0.25, 0.3) is 0 Å². The fraction of sp³-hybridized carbons (Fsp3) is 0.643. The Labute approximate surface area is 126 Å². The maximum Gasteiger partial charge on any atom is 0.227 e. The molecule has 0 bridgehead atoms. The van der Waals surface area contributed by atoms with Crippen LogP contribution in [0.2, 0.25) is 0 Å². The molecule has 2 rings (SSSR count). The van der Waals surface area contributed by atoms with Crippen molar-refractivity contribution in [3.63, 3.8) is 0 Å². The van der Waals surface area contributed by atoms with Gasteiger partial charge in [0, 0.05) is 38.9 Å². The number of piperazine rings is 1. The minimum atomic E-state index is 0.730. The number of anilines is 2. The molecule has 1 aromatic rings. The number of aromatic nitrogens is 2. The molecule has 0 saturated carbocycles. The summed E-state index contributed by atoms with van der Waals surface area (Å²) in [5.74, 6) is 1.59. The Morgan fingerprint density at radius 1 is 1.33 bits per heavy atom. The van der Waals surface area contributed by atoms with Gasteiger partial charge in [0.15, 0.2) is 0 Å². The maximum atomic E-state index is 10.7. The van der Waals surface area contributed by atoms with Gasteiger partial charge in [-0.15, -0.1) is 0 Å². The van der Waals surface area contributed by atoms with Crippen LogP contribution in [0, 0.1) is 0 Å². The Morgan fingerprint density at radius 2 is 2.10 bits per heavy atom. The fourth-order valence-corrected chi connectivity index (χ4v) is 2.24. The van der Waals surface area contributed by atoms with E-state index in [4.69, 9.17) is 0 Å². The van der Waals surface area contributed by atoms with Crippen molar-refractivity contribution in [3.8, 4) is 0 Å². The van der Waals surface area contributed by atoms with Crippen molar-refractivity contribution in [2.24, 2.45) is 0 Å². The normalized spacial score (nSPS) is 15.4. The number of carbonyl (C=O) groups excluding carboxylic acids is 1. The predicted octanol–water partition coefficient (Wildman–Crippen LogP) is 0.119. The molecule has 21 heavy (non-hydrogen) atoms. The van der Waals surface area contributed by atoms with Crippen molar-refractivity contribution < 1.29 is 4.79 Å². The summed E-state index contributed by atoms with van der Waals surface area (Å²) >= 11 is 0. The average Bonchev–Trinajstić information content (AvgIpc) is 2.52. The molecule has 0 atom stereocenters. The second-order valence-corrected chi connectivity index (χ2v) is 5.45. The first-order valence-electron chi connectivity index (χ1n) is 7.35. The third-order valence-corrected chi connectivity index (χ3v) is 3.48. The average molecular weight is 292 g/mol. The minimum absolute atomic E-state index is 0.730. The fourth-order valence-electron chi connectivity index (χ4n) is 2.24. The molecule has 2 heterocycles. The number of hydrogen-bond donors (Lipinski definition) is 1. The number of nitrogens with zero attached hydrogens (tertiary/aromatic N) is 5. The number of rotatable bonds is 7. The van der Waals surface area contributed by atoms with E-state index in [1.165, 1.54) is 0 Å². The highest BCUT2D eigenvalue weighted by Crippen LogP contribution is 2.12. The zero-order valence-corrected chi connectivity index (χ0v) is 12.8. The standard InChI is InChI=1S/C14H24N6O/c1-18(2)7-3-5-15-13-4-6-16-14(17-13)20-10-8-19(12-21)9-11-20/h4,6,12H,3,5,7-11H2,1-2H3,(H,15,16,17).